The second-order valence-corrected chi connectivity index (χ2v) is 6.81. The molecule has 2 heterocycles. The van der Waals surface area contributed by atoms with Crippen LogP contribution in [0.2, 0.25) is 10.0 Å². The third kappa shape index (κ3) is 3.46. The fourth-order valence-corrected chi connectivity index (χ4v) is 3.28. The number of hydrogen-bond donors (Lipinski definition) is 2. The number of aromatic nitrogens is 5. The van der Waals surface area contributed by atoms with Gasteiger partial charge in [0.2, 0.25) is 5.88 Å². The highest BCUT2D eigenvalue weighted by atomic mass is 35.5. The molecule has 4 rings (SSSR count). The minimum atomic E-state index is -1.16. The number of benzene rings is 2. The molecule has 4 aromatic rings. The molecule has 0 radical (unpaired) electrons. The number of nitrogens with one attached hydrogen (secondary N) is 2. The number of fused-ring (bicyclic) bond motifs is 1. The Morgan fingerprint density at radius 1 is 1.03 bits per heavy atom. The number of alkyl halides is 1. The predicted molar refractivity (Wildman–Crippen MR) is 108 cm³/mol. The van der Waals surface area contributed by atoms with Crippen LogP contribution >= 0.6 is 23.2 Å². The molecule has 0 spiro atoms. The zero-order valence-electron chi connectivity index (χ0n) is 14.8. The van der Waals surface area contributed by atoms with Crippen LogP contribution in [0.1, 0.15) is 5.69 Å². The standard InChI is InChI=1S/C18H10Cl2FN5O4/c19-11-5-8(26-18(29)22-16(28)13(7-21)25-26)6-12(20)14(11)30-17-10-4-2-1-3-9(10)15(27)23-24-17/h1-6H,7H2,(H,23,27)(H,22,28,29). The van der Waals surface area contributed by atoms with E-state index >= 15 is 0 Å². The van der Waals surface area contributed by atoms with Crippen molar-refractivity contribution in [1.82, 2.24) is 25.0 Å². The van der Waals surface area contributed by atoms with Crippen LogP contribution in [-0.4, -0.2) is 25.0 Å². The van der Waals surface area contributed by atoms with Gasteiger partial charge in [-0.15, -0.1) is 5.10 Å². The number of halogens is 3. The average Bonchev–Trinajstić information content (AvgIpc) is 2.72. The van der Waals surface area contributed by atoms with Crippen molar-refractivity contribution in [2.24, 2.45) is 0 Å². The predicted octanol–water partition coefficient (Wildman–Crippen LogP) is 2.73. The van der Waals surface area contributed by atoms with Gasteiger partial charge < -0.3 is 4.74 Å². The van der Waals surface area contributed by atoms with Gasteiger partial charge in [-0.2, -0.15) is 9.78 Å². The van der Waals surface area contributed by atoms with Crippen molar-refractivity contribution in [3.63, 3.8) is 0 Å². The van der Waals surface area contributed by atoms with E-state index in [2.05, 4.69) is 15.3 Å². The quantitative estimate of drug-likeness (QED) is 0.493. The van der Waals surface area contributed by atoms with E-state index in [4.69, 9.17) is 27.9 Å². The third-order valence-electron chi connectivity index (χ3n) is 4.11. The van der Waals surface area contributed by atoms with E-state index in [1.54, 1.807) is 24.3 Å². The molecular weight excluding hydrogens is 440 g/mol. The Kier molecular flexibility index (Phi) is 5.10. The minimum Gasteiger partial charge on any atom is -0.434 e. The lowest BCUT2D eigenvalue weighted by Crippen LogP contribution is -2.33. The molecule has 30 heavy (non-hydrogen) atoms. The SMILES string of the molecule is O=c1[nH]c(=O)n(-c2cc(Cl)c(Oc3n[nH]c(=O)c4ccccc34)c(Cl)c2)nc1CF. The van der Waals surface area contributed by atoms with Crippen molar-refractivity contribution < 1.29 is 9.13 Å². The Bertz CT molecular complexity index is 1440. The first kappa shape index (κ1) is 19.8. The van der Waals surface area contributed by atoms with Crippen molar-refractivity contribution in [1.29, 1.82) is 0 Å². The van der Waals surface area contributed by atoms with Gasteiger partial charge in [0.15, 0.2) is 11.4 Å². The lowest BCUT2D eigenvalue weighted by atomic mass is 10.2. The Morgan fingerprint density at radius 3 is 2.37 bits per heavy atom. The molecule has 0 saturated carbocycles. The Balaban J connectivity index is 1.81. The lowest BCUT2D eigenvalue weighted by molar-refractivity contribution is 0.458. The van der Waals surface area contributed by atoms with E-state index in [0.717, 1.165) is 4.68 Å². The van der Waals surface area contributed by atoms with Crippen molar-refractivity contribution in [2.45, 2.75) is 6.67 Å². The summed E-state index contributed by atoms with van der Waals surface area (Å²) in [7, 11) is 0. The maximum atomic E-state index is 12.9. The summed E-state index contributed by atoms with van der Waals surface area (Å²) < 4.78 is 19.4. The topological polar surface area (TPSA) is 123 Å². The van der Waals surface area contributed by atoms with Gasteiger partial charge in [-0.3, -0.25) is 14.6 Å². The summed E-state index contributed by atoms with van der Waals surface area (Å²) in [6.45, 7) is -1.16. The summed E-state index contributed by atoms with van der Waals surface area (Å²) in [5, 5.41) is 10.6. The molecule has 0 fully saturated rings. The lowest BCUT2D eigenvalue weighted by Gasteiger charge is -2.12. The molecule has 0 aliphatic rings. The van der Waals surface area contributed by atoms with Crippen molar-refractivity contribution in [3.8, 4) is 17.3 Å². The Hall–Kier alpha value is -3.50. The van der Waals surface area contributed by atoms with Gasteiger partial charge >= 0.3 is 5.69 Å². The molecule has 152 valence electrons. The molecule has 9 nitrogen and oxygen atoms in total. The number of nitrogens with zero attached hydrogens (tertiary/aromatic N) is 3. The van der Waals surface area contributed by atoms with Gasteiger partial charge in [0.05, 0.1) is 26.5 Å². The summed E-state index contributed by atoms with van der Waals surface area (Å²) in [6.07, 6.45) is 0. The van der Waals surface area contributed by atoms with Crippen LogP contribution in [0.15, 0.2) is 50.8 Å². The second kappa shape index (κ2) is 7.73. The van der Waals surface area contributed by atoms with E-state index in [-0.39, 0.29) is 27.4 Å². The van der Waals surface area contributed by atoms with Crippen LogP contribution in [0, 0.1) is 0 Å². The van der Waals surface area contributed by atoms with Gasteiger partial charge in [0.25, 0.3) is 11.1 Å². The van der Waals surface area contributed by atoms with Crippen LogP contribution in [0.4, 0.5) is 4.39 Å². The number of rotatable bonds is 4. The zero-order chi connectivity index (χ0) is 21.4. The monoisotopic (exact) mass is 449 g/mol. The maximum absolute atomic E-state index is 12.9. The van der Waals surface area contributed by atoms with E-state index < -0.39 is 29.2 Å². The number of H-pyrrole nitrogens is 2. The third-order valence-corrected chi connectivity index (χ3v) is 4.67. The Morgan fingerprint density at radius 2 is 1.70 bits per heavy atom. The number of ether oxygens (including phenoxy) is 1. The normalized spacial score (nSPS) is 11.0. The average molecular weight is 450 g/mol. The van der Waals surface area contributed by atoms with E-state index in [9.17, 15) is 18.8 Å². The second-order valence-electron chi connectivity index (χ2n) is 6.00. The van der Waals surface area contributed by atoms with Crippen LogP contribution in [-0.2, 0) is 6.67 Å². The van der Waals surface area contributed by atoms with Gasteiger partial charge in [-0.1, -0.05) is 35.3 Å². The van der Waals surface area contributed by atoms with Gasteiger partial charge in [0, 0.05) is 0 Å². The zero-order valence-corrected chi connectivity index (χ0v) is 16.3. The summed E-state index contributed by atoms with van der Waals surface area (Å²) in [5.41, 5.74) is -2.62. The van der Waals surface area contributed by atoms with Gasteiger partial charge in [-0.05, 0) is 24.3 Å². The fraction of sp³-hybridized carbons (Fsp3) is 0.0556. The Labute approximate surface area is 175 Å². The molecule has 0 aliphatic carbocycles. The molecule has 2 aromatic carbocycles. The molecular formula is C18H10Cl2FN5O4. The minimum absolute atomic E-state index is 0.00924. The molecule has 0 unspecified atom stereocenters. The van der Waals surface area contributed by atoms with Crippen molar-refractivity contribution in [3.05, 3.63) is 83.3 Å². The number of aromatic amines is 2. The molecule has 0 saturated heterocycles. The van der Waals surface area contributed by atoms with E-state index in [1.807, 2.05) is 4.98 Å². The van der Waals surface area contributed by atoms with Gasteiger partial charge in [0.1, 0.15) is 6.67 Å². The summed E-state index contributed by atoms with van der Waals surface area (Å²) in [5.74, 6) is 0.0655. The first-order valence-electron chi connectivity index (χ1n) is 8.32. The van der Waals surface area contributed by atoms with Crippen LogP contribution in [0.25, 0.3) is 16.5 Å². The van der Waals surface area contributed by atoms with Crippen LogP contribution in [0.5, 0.6) is 11.6 Å². The van der Waals surface area contributed by atoms with Crippen molar-refractivity contribution >= 4 is 34.0 Å². The highest BCUT2D eigenvalue weighted by Crippen LogP contribution is 2.38. The smallest absolute Gasteiger partial charge is 0.349 e. The molecule has 0 amide bonds. The molecule has 12 heteroatoms. The van der Waals surface area contributed by atoms with Crippen LogP contribution in [0.3, 0.4) is 0 Å². The first-order chi connectivity index (χ1) is 14.4. The van der Waals surface area contributed by atoms with Crippen LogP contribution < -0.4 is 21.5 Å². The molecule has 0 atom stereocenters. The molecule has 0 aliphatic heterocycles. The molecule has 2 aromatic heterocycles. The largest absolute Gasteiger partial charge is 0.434 e. The van der Waals surface area contributed by atoms with Crippen molar-refractivity contribution in [2.75, 3.05) is 0 Å². The highest BCUT2D eigenvalue weighted by molar-refractivity contribution is 6.37. The van der Waals surface area contributed by atoms with E-state index in [0.29, 0.717) is 10.8 Å². The summed E-state index contributed by atoms with van der Waals surface area (Å²) in [6, 6.07) is 9.24. The van der Waals surface area contributed by atoms with E-state index in [1.165, 1.54) is 12.1 Å². The van der Waals surface area contributed by atoms with Gasteiger partial charge in [-0.25, -0.2) is 14.3 Å². The molecule has 0 bridgehead atoms. The molecule has 2 N–H and O–H groups in total. The fourth-order valence-electron chi connectivity index (χ4n) is 2.73. The first-order valence-corrected chi connectivity index (χ1v) is 9.08. The summed E-state index contributed by atoms with van der Waals surface area (Å²) >= 11 is 12.6. The number of hydrogen-bond acceptors (Lipinski definition) is 6. The highest BCUT2D eigenvalue weighted by Gasteiger charge is 2.17. The summed E-state index contributed by atoms with van der Waals surface area (Å²) in [4.78, 5) is 37.4. The maximum Gasteiger partial charge on any atom is 0.349 e.